The highest BCUT2D eigenvalue weighted by atomic mass is 32.1. The number of hydrogen-bond donors (Lipinski definition) is 0. The van der Waals surface area contributed by atoms with Gasteiger partial charge in [-0.05, 0) is 23.8 Å². The van der Waals surface area contributed by atoms with Crippen LogP contribution in [0.25, 0.3) is 12.2 Å². The van der Waals surface area contributed by atoms with E-state index in [9.17, 15) is 9.59 Å². The Bertz CT molecular complexity index is 963. The van der Waals surface area contributed by atoms with Crippen LogP contribution in [0, 0.1) is 0 Å². The second-order valence-corrected chi connectivity index (χ2v) is 5.77. The summed E-state index contributed by atoms with van der Waals surface area (Å²) in [7, 11) is 1.66. The molecule has 0 atom stereocenters. The first kappa shape index (κ1) is 14.3. The van der Waals surface area contributed by atoms with E-state index in [-0.39, 0.29) is 17.1 Å². The Morgan fingerprint density at radius 1 is 1.18 bits per heavy atom. The van der Waals surface area contributed by atoms with Gasteiger partial charge in [-0.2, -0.15) is 0 Å². The van der Waals surface area contributed by atoms with Gasteiger partial charge in [0.05, 0.1) is 10.8 Å². The molecular formula is C17H13NO3S. The smallest absolute Gasteiger partial charge is 0.268 e. The van der Waals surface area contributed by atoms with Crippen molar-refractivity contribution in [1.29, 1.82) is 0 Å². The minimum absolute atomic E-state index is 0.118. The summed E-state index contributed by atoms with van der Waals surface area (Å²) in [5.74, 6) is 0.00236. The van der Waals surface area contributed by atoms with Crippen molar-refractivity contribution in [3.05, 3.63) is 79.6 Å². The number of Topliss-reactive ketones (excluding diaryl/α,β-unsaturated/α-hetero) is 1. The first-order valence-electron chi connectivity index (χ1n) is 6.67. The number of aromatic nitrogens is 1. The Labute approximate surface area is 130 Å². The molecule has 2 aromatic heterocycles. The Morgan fingerprint density at radius 3 is 2.64 bits per heavy atom. The Balaban J connectivity index is 2.09. The van der Waals surface area contributed by atoms with Crippen LogP contribution in [0.15, 0.2) is 57.9 Å². The van der Waals surface area contributed by atoms with Gasteiger partial charge in [-0.3, -0.25) is 9.59 Å². The molecule has 0 fully saturated rings. The maximum Gasteiger partial charge on any atom is 0.268 e. The number of carbonyl (C=O) groups excluding carboxylic acids is 1. The fourth-order valence-corrected chi connectivity index (χ4v) is 3.04. The molecule has 0 aliphatic rings. The molecule has 2 heterocycles. The highest BCUT2D eigenvalue weighted by Gasteiger charge is 2.07. The van der Waals surface area contributed by atoms with E-state index in [1.54, 1.807) is 19.2 Å². The van der Waals surface area contributed by atoms with Gasteiger partial charge in [-0.15, -0.1) is 11.3 Å². The molecule has 4 nitrogen and oxygen atoms in total. The second kappa shape index (κ2) is 5.99. The number of ketones is 1. The average Bonchev–Trinajstić information content (AvgIpc) is 3.14. The summed E-state index contributed by atoms with van der Waals surface area (Å²) in [6.45, 7) is 0. The number of rotatable bonds is 3. The van der Waals surface area contributed by atoms with Crippen molar-refractivity contribution in [3.63, 3.8) is 0 Å². The Kier molecular flexibility index (Phi) is 3.89. The molecule has 0 radical (unpaired) electrons. The normalized spacial score (nSPS) is 12.8. The third-order valence-electron chi connectivity index (χ3n) is 3.18. The molecular weight excluding hydrogens is 298 g/mol. The molecule has 110 valence electrons. The van der Waals surface area contributed by atoms with Crippen molar-refractivity contribution in [2.75, 3.05) is 0 Å². The predicted octanol–water partition coefficient (Wildman–Crippen LogP) is 1.53. The second-order valence-electron chi connectivity index (χ2n) is 4.71. The van der Waals surface area contributed by atoms with E-state index in [0.717, 1.165) is 5.56 Å². The lowest BCUT2D eigenvalue weighted by Gasteiger charge is -1.89. The van der Waals surface area contributed by atoms with Crippen LogP contribution < -0.4 is 14.8 Å². The van der Waals surface area contributed by atoms with Gasteiger partial charge in [0.1, 0.15) is 4.66 Å². The zero-order valence-corrected chi connectivity index (χ0v) is 12.7. The van der Waals surface area contributed by atoms with Crippen LogP contribution in [-0.2, 0) is 7.05 Å². The first-order chi connectivity index (χ1) is 10.6. The number of furan rings is 1. The molecule has 0 aliphatic carbocycles. The summed E-state index contributed by atoms with van der Waals surface area (Å²) in [6.07, 6.45) is 4.69. The van der Waals surface area contributed by atoms with E-state index >= 15 is 0 Å². The summed E-state index contributed by atoms with van der Waals surface area (Å²) in [5, 5.41) is 0. The Morgan fingerprint density at radius 2 is 1.95 bits per heavy atom. The number of benzene rings is 1. The maximum atomic E-state index is 12.2. The molecule has 3 aromatic rings. The van der Waals surface area contributed by atoms with Gasteiger partial charge in [0.15, 0.2) is 5.76 Å². The molecule has 0 spiro atoms. The molecule has 0 unspecified atom stereocenters. The SMILES string of the molecule is Cn1c(=CC(=O)c2ccco2)sc(=Cc2ccccc2)c1=O. The van der Waals surface area contributed by atoms with Crippen molar-refractivity contribution >= 4 is 29.3 Å². The lowest BCUT2D eigenvalue weighted by atomic mass is 10.2. The van der Waals surface area contributed by atoms with E-state index in [1.165, 1.54) is 28.2 Å². The van der Waals surface area contributed by atoms with E-state index in [2.05, 4.69) is 0 Å². The lowest BCUT2D eigenvalue weighted by Crippen LogP contribution is -2.29. The summed E-state index contributed by atoms with van der Waals surface area (Å²) in [4.78, 5) is 24.3. The van der Waals surface area contributed by atoms with Crippen LogP contribution in [0.5, 0.6) is 0 Å². The van der Waals surface area contributed by atoms with E-state index < -0.39 is 0 Å². The summed E-state index contributed by atoms with van der Waals surface area (Å²) in [6, 6.07) is 12.9. The number of carbonyl (C=O) groups is 1. The largest absolute Gasteiger partial charge is 0.461 e. The molecule has 3 rings (SSSR count). The standard InChI is InChI=1S/C17H13NO3S/c1-18-16(11-13(19)14-8-5-9-21-14)22-15(17(18)20)10-12-6-3-2-4-7-12/h2-11H,1H3. The molecule has 0 aliphatic heterocycles. The molecule has 0 bridgehead atoms. The van der Waals surface area contributed by atoms with Crippen LogP contribution >= 0.6 is 11.3 Å². The average molecular weight is 311 g/mol. The van der Waals surface area contributed by atoms with Gasteiger partial charge in [0.2, 0.25) is 5.78 Å². The summed E-state index contributed by atoms with van der Waals surface area (Å²) in [5.41, 5.74) is 0.831. The zero-order valence-electron chi connectivity index (χ0n) is 11.9. The van der Waals surface area contributed by atoms with Gasteiger partial charge in [-0.1, -0.05) is 30.3 Å². The fraction of sp³-hybridized carbons (Fsp3) is 0.0588. The van der Waals surface area contributed by atoms with E-state index in [1.807, 2.05) is 36.4 Å². The van der Waals surface area contributed by atoms with Crippen molar-refractivity contribution in [2.45, 2.75) is 0 Å². The molecule has 0 saturated carbocycles. The topological polar surface area (TPSA) is 52.2 Å². The van der Waals surface area contributed by atoms with Gasteiger partial charge < -0.3 is 8.98 Å². The molecule has 0 amide bonds. The fourth-order valence-electron chi connectivity index (χ4n) is 2.01. The van der Waals surface area contributed by atoms with Crippen LogP contribution in [-0.4, -0.2) is 10.4 Å². The molecule has 5 heteroatoms. The van der Waals surface area contributed by atoms with Gasteiger partial charge in [-0.25, -0.2) is 0 Å². The van der Waals surface area contributed by atoms with Crippen LogP contribution in [0.4, 0.5) is 0 Å². The lowest BCUT2D eigenvalue weighted by molar-refractivity contribution is 0.103. The third kappa shape index (κ3) is 2.84. The van der Waals surface area contributed by atoms with E-state index in [4.69, 9.17) is 4.42 Å². The van der Waals surface area contributed by atoms with Crippen molar-refractivity contribution in [3.8, 4) is 0 Å². The highest BCUT2D eigenvalue weighted by molar-refractivity contribution is 7.07. The monoisotopic (exact) mass is 311 g/mol. The summed E-state index contributed by atoms with van der Waals surface area (Å²) < 4.78 is 7.72. The first-order valence-corrected chi connectivity index (χ1v) is 7.49. The van der Waals surface area contributed by atoms with Gasteiger partial charge in [0.25, 0.3) is 5.56 Å². The predicted molar refractivity (Wildman–Crippen MR) is 86.3 cm³/mol. The molecule has 0 saturated heterocycles. The molecule has 1 aromatic carbocycles. The maximum absolute atomic E-state index is 12.2. The minimum Gasteiger partial charge on any atom is -0.461 e. The summed E-state index contributed by atoms with van der Waals surface area (Å²) >= 11 is 1.28. The molecule has 0 N–H and O–H groups in total. The highest BCUT2D eigenvalue weighted by Crippen LogP contribution is 2.02. The number of hydrogen-bond acceptors (Lipinski definition) is 4. The number of nitrogens with zero attached hydrogens (tertiary/aromatic N) is 1. The Hall–Kier alpha value is -2.66. The van der Waals surface area contributed by atoms with Crippen LogP contribution in [0.2, 0.25) is 0 Å². The van der Waals surface area contributed by atoms with E-state index in [0.29, 0.717) is 9.20 Å². The molecule has 22 heavy (non-hydrogen) atoms. The van der Waals surface area contributed by atoms with Gasteiger partial charge in [0, 0.05) is 13.1 Å². The van der Waals surface area contributed by atoms with Crippen LogP contribution in [0.1, 0.15) is 16.1 Å². The quantitative estimate of drug-likeness (QED) is 0.689. The van der Waals surface area contributed by atoms with Gasteiger partial charge >= 0.3 is 0 Å². The number of thiazole rings is 1. The van der Waals surface area contributed by atoms with Crippen molar-refractivity contribution in [2.24, 2.45) is 7.05 Å². The third-order valence-corrected chi connectivity index (χ3v) is 4.29. The van der Waals surface area contributed by atoms with Crippen LogP contribution in [0.3, 0.4) is 0 Å². The van der Waals surface area contributed by atoms with Crippen molar-refractivity contribution in [1.82, 2.24) is 4.57 Å². The zero-order chi connectivity index (χ0) is 15.5. The minimum atomic E-state index is -0.256. The van der Waals surface area contributed by atoms with Crippen molar-refractivity contribution < 1.29 is 9.21 Å².